The Balaban J connectivity index is 2.10. The second kappa shape index (κ2) is 3.86. The number of ether oxygens (including phenoxy) is 1. The van der Waals surface area contributed by atoms with Gasteiger partial charge in [-0.05, 0) is 38.5 Å². The Kier molecular flexibility index (Phi) is 2.70. The first-order chi connectivity index (χ1) is 7.13. The topological polar surface area (TPSA) is 21.3 Å². The van der Waals surface area contributed by atoms with Crippen molar-refractivity contribution in [2.24, 2.45) is 0 Å². The monoisotopic (exact) mass is 205 g/mol. The van der Waals surface area contributed by atoms with Crippen LogP contribution in [0.5, 0.6) is 5.75 Å². The van der Waals surface area contributed by atoms with Crippen molar-refractivity contribution in [3.8, 4) is 5.75 Å². The van der Waals surface area contributed by atoms with Crippen LogP contribution in [0.2, 0.25) is 0 Å². The summed E-state index contributed by atoms with van der Waals surface area (Å²) >= 11 is 0. The SMILES string of the molecule is CCOc1ccc(C2CNC2(C)C)cc1. The molecule has 1 unspecified atom stereocenters. The zero-order valence-electron chi connectivity index (χ0n) is 9.71. The van der Waals surface area contributed by atoms with Gasteiger partial charge in [0.05, 0.1) is 6.61 Å². The summed E-state index contributed by atoms with van der Waals surface area (Å²) in [6, 6.07) is 8.48. The third-order valence-electron chi connectivity index (χ3n) is 3.23. The van der Waals surface area contributed by atoms with Gasteiger partial charge >= 0.3 is 0 Å². The summed E-state index contributed by atoms with van der Waals surface area (Å²) < 4.78 is 5.43. The van der Waals surface area contributed by atoms with Crippen molar-refractivity contribution < 1.29 is 4.74 Å². The van der Waals surface area contributed by atoms with E-state index in [1.807, 2.05) is 6.92 Å². The van der Waals surface area contributed by atoms with Crippen LogP contribution in [0, 0.1) is 0 Å². The maximum Gasteiger partial charge on any atom is 0.119 e. The number of nitrogens with one attached hydrogen (secondary N) is 1. The second-order valence-corrected chi connectivity index (χ2v) is 4.66. The van der Waals surface area contributed by atoms with E-state index < -0.39 is 0 Å². The van der Waals surface area contributed by atoms with Crippen LogP contribution in [-0.4, -0.2) is 18.7 Å². The van der Waals surface area contributed by atoms with Gasteiger partial charge in [0.15, 0.2) is 0 Å². The van der Waals surface area contributed by atoms with Crippen LogP contribution < -0.4 is 10.1 Å². The average molecular weight is 205 g/mol. The molecule has 2 rings (SSSR count). The van der Waals surface area contributed by atoms with Crippen LogP contribution in [-0.2, 0) is 0 Å². The maximum atomic E-state index is 5.43. The molecule has 0 bridgehead atoms. The minimum Gasteiger partial charge on any atom is -0.494 e. The molecule has 1 heterocycles. The van der Waals surface area contributed by atoms with Crippen molar-refractivity contribution in [3.63, 3.8) is 0 Å². The van der Waals surface area contributed by atoms with Gasteiger partial charge in [-0.3, -0.25) is 0 Å². The molecule has 0 aromatic heterocycles. The molecule has 0 amide bonds. The van der Waals surface area contributed by atoms with Gasteiger partial charge in [0.2, 0.25) is 0 Å². The van der Waals surface area contributed by atoms with Gasteiger partial charge in [-0.15, -0.1) is 0 Å². The fourth-order valence-corrected chi connectivity index (χ4v) is 2.11. The predicted molar refractivity (Wildman–Crippen MR) is 62.4 cm³/mol. The lowest BCUT2D eigenvalue weighted by molar-refractivity contribution is 0.208. The van der Waals surface area contributed by atoms with Crippen LogP contribution in [0.3, 0.4) is 0 Å². The molecule has 1 fully saturated rings. The molecule has 1 saturated heterocycles. The van der Waals surface area contributed by atoms with E-state index in [4.69, 9.17) is 4.74 Å². The van der Waals surface area contributed by atoms with Crippen molar-refractivity contribution in [2.75, 3.05) is 13.2 Å². The Labute approximate surface area is 91.6 Å². The fourth-order valence-electron chi connectivity index (χ4n) is 2.11. The van der Waals surface area contributed by atoms with Gasteiger partial charge in [-0.1, -0.05) is 12.1 Å². The summed E-state index contributed by atoms with van der Waals surface area (Å²) in [5.74, 6) is 1.60. The molecule has 82 valence electrons. The number of hydrogen-bond acceptors (Lipinski definition) is 2. The first-order valence-electron chi connectivity index (χ1n) is 5.61. The van der Waals surface area contributed by atoms with Crippen LogP contribution in [0.25, 0.3) is 0 Å². The lowest BCUT2D eigenvalue weighted by Crippen LogP contribution is -2.59. The van der Waals surface area contributed by atoms with Crippen LogP contribution in [0.4, 0.5) is 0 Å². The normalized spacial score (nSPS) is 23.3. The van der Waals surface area contributed by atoms with Gasteiger partial charge in [-0.2, -0.15) is 0 Å². The maximum absolute atomic E-state index is 5.43. The van der Waals surface area contributed by atoms with E-state index in [1.54, 1.807) is 0 Å². The van der Waals surface area contributed by atoms with E-state index in [1.165, 1.54) is 5.56 Å². The lowest BCUT2D eigenvalue weighted by atomic mass is 9.75. The van der Waals surface area contributed by atoms with E-state index in [2.05, 4.69) is 43.4 Å². The van der Waals surface area contributed by atoms with Crippen LogP contribution in [0.15, 0.2) is 24.3 Å². The Hall–Kier alpha value is -1.02. The van der Waals surface area contributed by atoms with Crippen molar-refractivity contribution >= 4 is 0 Å². The first-order valence-corrected chi connectivity index (χ1v) is 5.61. The lowest BCUT2D eigenvalue weighted by Gasteiger charge is -2.46. The summed E-state index contributed by atoms with van der Waals surface area (Å²) in [5, 5.41) is 3.44. The molecule has 0 spiro atoms. The molecule has 1 aliphatic heterocycles. The molecule has 0 radical (unpaired) electrons. The molecular weight excluding hydrogens is 186 g/mol. The third kappa shape index (κ3) is 2.00. The molecule has 1 N–H and O–H groups in total. The van der Waals surface area contributed by atoms with Crippen molar-refractivity contribution in [1.82, 2.24) is 5.32 Å². The summed E-state index contributed by atoms with van der Waals surface area (Å²) in [6.07, 6.45) is 0. The Bertz CT molecular complexity index is 329. The first kappa shape index (κ1) is 10.5. The zero-order valence-corrected chi connectivity index (χ0v) is 9.71. The second-order valence-electron chi connectivity index (χ2n) is 4.66. The molecule has 1 aromatic carbocycles. The molecule has 1 aromatic rings. The third-order valence-corrected chi connectivity index (χ3v) is 3.23. The van der Waals surface area contributed by atoms with Gasteiger partial charge in [0.25, 0.3) is 0 Å². The molecule has 1 aliphatic rings. The van der Waals surface area contributed by atoms with E-state index >= 15 is 0 Å². The Morgan fingerprint density at radius 2 is 2.00 bits per heavy atom. The van der Waals surface area contributed by atoms with E-state index in [0.29, 0.717) is 5.92 Å². The minimum atomic E-state index is 0.243. The standard InChI is InChI=1S/C13H19NO/c1-4-15-11-7-5-10(6-8-11)12-9-14-13(12,2)3/h5-8,12,14H,4,9H2,1-3H3. The molecule has 2 heteroatoms. The molecule has 0 saturated carbocycles. The van der Waals surface area contributed by atoms with Crippen molar-refractivity contribution in [3.05, 3.63) is 29.8 Å². The Morgan fingerprint density at radius 1 is 1.33 bits per heavy atom. The van der Waals surface area contributed by atoms with Gasteiger partial charge in [0.1, 0.15) is 5.75 Å². The number of hydrogen-bond donors (Lipinski definition) is 1. The molecule has 15 heavy (non-hydrogen) atoms. The van der Waals surface area contributed by atoms with Gasteiger partial charge in [0, 0.05) is 18.0 Å². The van der Waals surface area contributed by atoms with Gasteiger partial charge < -0.3 is 10.1 Å². The minimum absolute atomic E-state index is 0.243. The predicted octanol–water partition coefficient (Wildman–Crippen LogP) is 2.55. The fraction of sp³-hybridized carbons (Fsp3) is 0.538. The van der Waals surface area contributed by atoms with E-state index in [-0.39, 0.29) is 5.54 Å². The van der Waals surface area contributed by atoms with Gasteiger partial charge in [-0.25, -0.2) is 0 Å². The average Bonchev–Trinajstić information content (AvgIpc) is 2.20. The summed E-state index contributed by atoms with van der Waals surface area (Å²) in [7, 11) is 0. The molecule has 1 atom stereocenters. The number of rotatable bonds is 3. The summed E-state index contributed by atoms with van der Waals surface area (Å²) in [4.78, 5) is 0. The highest BCUT2D eigenvalue weighted by molar-refractivity contribution is 5.33. The largest absolute Gasteiger partial charge is 0.494 e. The quantitative estimate of drug-likeness (QED) is 0.818. The van der Waals surface area contributed by atoms with Crippen LogP contribution >= 0.6 is 0 Å². The zero-order chi connectivity index (χ0) is 10.9. The highest BCUT2D eigenvalue weighted by Crippen LogP contribution is 2.35. The van der Waals surface area contributed by atoms with Crippen molar-refractivity contribution in [2.45, 2.75) is 32.2 Å². The van der Waals surface area contributed by atoms with E-state index in [0.717, 1.165) is 18.9 Å². The highest BCUT2D eigenvalue weighted by atomic mass is 16.5. The smallest absolute Gasteiger partial charge is 0.119 e. The number of benzene rings is 1. The van der Waals surface area contributed by atoms with Crippen LogP contribution in [0.1, 0.15) is 32.3 Å². The summed E-state index contributed by atoms with van der Waals surface area (Å²) in [6.45, 7) is 8.32. The summed E-state index contributed by atoms with van der Waals surface area (Å²) in [5.41, 5.74) is 1.65. The Morgan fingerprint density at radius 3 is 2.40 bits per heavy atom. The van der Waals surface area contributed by atoms with E-state index in [9.17, 15) is 0 Å². The molecule has 2 nitrogen and oxygen atoms in total. The van der Waals surface area contributed by atoms with Crippen molar-refractivity contribution in [1.29, 1.82) is 0 Å². The highest BCUT2D eigenvalue weighted by Gasteiger charge is 2.38. The molecular formula is C13H19NO. The molecule has 0 aliphatic carbocycles.